The molecule has 9 nitrogen and oxygen atoms in total. The van der Waals surface area contributed by atoms with Crippen molar-refractivity contribution in [3.8, 4) is 17.2 Å². The number of allylic oxidation sites excluding steroid dienone is 1. The molecule has 4 rings (SSSR count). The Morgan fingerprint density at radius 1 is 1.15 bits per heavy atom. The van der Waals surface area contributed by atoms with E-state index in [4.69, 9.17) is 24.3 Å². The third-order valence-corrected chi connectivity index (χ3v) is 7.61. The smallest absolute Gasteiger partial charge is 0.255 e. The van der Waals surface area contributed by atoms with Crippen LogP contribution in [-0.2, 0) is 4.79 Å². The molecule has 0 fully saturated rings. The topological polar surface area (TPSA) is 99.5 Å². The molecule has 2 N–H and O–H groups in total. The minimum atomic E-state index is -0.574. The molecule has 0 radical (unpaired) electrons. The predicted molar refractivity (Wildman–Crippen MR) is 158 cm³/mol. The van der Waals surface area contributed by atoms with Crippen LogP contribution in [0.25, 0.3) is 0 Å². The van der Waals surface area contributed by atoms with Crippen LogP contribution in [0.15, 0.2) is 57.3 Å². The highest BCUT2D eigenvalue weighted by atomic mass is 79.9. The summed E-state index contributed by atoms with van der Waals surface area (Å²) in [6.07, 6.45) is 2.16. The van der Waals surface area contributed by atoms with E-state index < -0.39 is 6.04 Å². The van der Waals surface area contributed by atoms with Gasteiger partial charge in [-0.1, -0.05) is 37.2 Å². The minimum Gasteiger partial charge on any atom is -0.492 e. The molecule has 2 aromatic carbocycles. The number of thioether (sulfide) groups is 1. The normalized spacial score (nSPS) is 14.5. The number of hydrogen-bond donors (Lipinski definition) is 2. The highest BCUT2D eigenvalue weighted by Crippen LogP contribution is 2.43. The van der Waals surface area contributed by atoms with Gasteiger partial charge in [0.25, 0.3) is 5.91 Å². The number of halogens is 1. The largest absolute Gasteiger partial charge is 0.492 e. The number of para-hydroxylation sites is 2. The summed E-state index contributed by atoms with van der Waals surface area (Å²) in [5.74, 6) is 2.98. The van der Waals surface area contributed by atoms with Crippen LogP contribution in [0.4, 0.5) is 11.6 Å². The molecule has 1 aliphatic rings. The van der Waals surface area contributed by atoms with Gasteiger partial charge >= 0.3 is 0 Å². The van der Waals surface area contributed by atoms with Crippen molar-refractivity contribution in [2.75, 3.05) is 36.7 Å². The van der Waals surface area contributed by atoms with E-state index in [1.807, 2.05) is 57.2 Å². The molecule has 39 heavy (non-hydrogen) atoms. The van der Waals surface area contributed by atoms with Gasteiger partial charge in [0.15, 0.2) is 11.5 Å². The molecule has 0 saturated heterocycles. The van der Waals surface area contributed by atoms with Crippen LogP contribution in [0.5, 0.6) is 17.2 Å². The van der Waals surface area contributed by atoms with E-state index in [2.05, 4.69) is 33.5 Å². The summed E-state index contributed by atoms with van der Waals surface area (Å²) in [6.45, 7) is 8.80. The number of amides is 1. The molecular formula is C28H34BrN5O4S. The first-order chi connectivity index (χ1) is 18.9. The Labute approximate surface area is 241 Å². The van der Waals surface area contributed by atoms with Crippen LogP contribution in [-0.4, -0.2) is 46.7 Å². The Morgan fingerprint density at radius 2 is 1.90 bits per heavy atom. The number of unbranched alkanes of at least 4 members (excludes halogenated alkanes) is 1. The summed E-state index contributed by atoms with van der Waals surface area (Å²) in [6, 6.07) is 10.6. The van der Waals surface area contributed by atoms with Crippen LogP contribution in [0.3, 0.4) is 0 Å². The number of nitrogens with zero attached hydrogens (tertiary/aromatic N) is 3. The Balaban J connectivity index is 1.81. The van der Waals surface area contributed by atoms with Crippen molar-refractivity contribution in [3.05, 3.63) is 57.7 Å². The molecule has 1 aromatic heterocycles. The van der Waals surface area contributed by atoms with Crippen molar-refractivity contribution in [1.82, 2.24) is 14.8 Å². The zero-order valence-corrected chi connectivity index (χ0v) is 25.2. The molecule has 1 atom stereocenters. The molecular weight excluding hydrogens is 582 g/mol. The zero-order chi connectivity index (χ0) is 27.9. The van der Waals surface area contributed by atoms with Gasteiger partial charge in [-0.05, 0) is 73.0 Å². The average Bonchev–Trinajstić information content (AvgIpc) is 3.31. The summed E-state index contributed by atoms with van der Waals surface area (Å²) in [4.78, 5) is 18.7. The lowest BCUT2D eigenvalue weighted by atomic mass is 9.94. The van der Waals surface area contributed by atoms with Gasteiger partial charge in [-0.25, -0.2) is 4.68 Å². The summed E-state index contributed by atoms with van der Waals surface area (Å²) in [5, 5.41) is 11.8. The highest BCUT2D eigenvalue weighted by molar-refractivity contribution is 9.10. The number of carbonyl (C=O) groups is 1. The van der Waals surface area contributed by atoms with Crippen LogP contribution >= 0.6 is 27.7 Å². The van der Waals surface area contributed by atoms with Gasteiger partial charge in [-0.2, -0.15) is 4.98 Å². The molecule has 1 amide bonds. The molecule has 2 heterocycles. The van der Waals surface area contributed by atoms with Crippen molar-refractivity contribution in [2.45, 2.75) is 51.7 Å². The van der Waals surface area contributed by atoms with Gasteiger partial charge in [-0.15, -0.1) is 5.10 Å². The molecule has 3 aromatic rings. The zero-order valence-electron chi connectivity index (χ0n) is 22.8. The van der Waals surface area contributed by atoms with E-state index in [0.717, 1.165) is 24.2 Å². The first-order valence-electron chi connectivity index (χ1n) is 13.0. The molecule has 208 valence electrons. The molecule has 0 bridgehead atoms. The molecule has 0 spiro atoms. The number of hydrogen-bond acceptors (Lipinski definition) is 8. The van der Waals surface area contributed by atoms with Crippen LogP contribution in [0.2, 0.25) is 0 Å². The van der Waals surface area contributed by atoms with E-state index >= 15 is 0 Å². The average molecular weight is 617 g/mol. The molecule has 11 heteroatoms. The molecule has 0 aliphatic carbocycles. The lowest BCUT2D eigenvalue weighted by molar-refractivity contribution is -0.113. The molecule has 0 saturated carbocycles. The van der Waals surface area contributed by atoms with E-state index in [1.165, 1.54) is 0 Å². The van der Waals surface area contributed by atoms with E-state index in [-0.39, 0.29) is 5.91 Å². The number of benzene rings is 2. The van der Waals surface area contributed by atoms with Crippen LogP contribution in [0, 0.1) is 0 Å². The predicted octanol–water partition coefficient (Wildman–Crippen LogP) is 6.67. The first kappa shape index (κ1) is 28.8. The standard InChI is InChI=1S/C28H34BrN5O4S/c1-6-9-14-39-28-32-27-30-17(4)23(26(35)31-20-12-10-11-13-21(20)37-7-2)24(34(27)33-28)18-15-19(29)25(36-5)22(16-18)38-8-3/h10-13,15-16,24H,6-9,14H2,1-5H3,(H,31,35)(H,30,32,33). The highest BCUT2D eigenvalue weighted by Gasteiger charge is 2.35. The summed E-state index contributed by atoms with van der Waals surface area (Å²) < 4.78 is 19.7. The maximum Gasteiger partial charge on any atom is 0.255 e. The van der Waals surface area contributed by atoms with E-state index in [0.29, 0.717) is 63.0 Å². The minimum absolute atomic E-state index is 0.275. The SMILES string of the molecule is CCCCSc1nc2n(n1)C(c1cc(Br)c(OC)c(OCC)c1)C(C(=O)Nc1ccccc1OCC)=C(C)N2. The van der Waals surface area contributed by atoms with Crippen molar-refractivity contribution in [3.63, 3.8) is 0 Å². The van der Waals surface area contributed by atoms with Gasteiger partial charge in [0.2, 0.25) is 11.1 Å². The van der Waals surface area contributed by atoms with Crippen LogP contribution < -0.4 is 24.8 Å². The van der Waals surface area contributed by atoms with Crippen molar-refractivity contribution >= 4 is 45.2 Å². The fourth-order valence-corrected chi connectivity index (χ4v) is 5.88. The Morgan fingerprint density at radius 3 is 2.62 bits per heavy atom. The number of rotatable bonds is 12. The maximum atomic E-state index is 14.0. The number of methoxy groups -OCH3 is 1. The summed E-state index contributed by atoms with van der Waals surface area (Å²) in [5.41, 5.74) is 2.57. The second kappa shape index (κ2) is 13.3. The lowest BCUT2D eigenvalue weighted by Gasteiger charge is -2.29. The summed E-state index contributed by atoms with van der Waals surface area (Å²) in [7, 11) is 1.60. The fraction of sp³-hybridized carbons (Fsp3) is 0.393. The first-order valence-corrected chi connectivity index (χ1v) is 14.8. The van der Waals surface area contributed by atoms with Gasteiger partial charge in [0.05, 0.1) is 36.1 Å². The number of carbonyl (C=O) groups excluding carboxylic acids is 1. The Hall–Kier alpha value is -3.18. The lowest BCUT2D eigenvalue weighted by Crippen LogP contribution is -2.31. The van der Waals surface area contributed by atoms with Gasteiger partial charge < -0.3 is 24.8 Å². The Kier molecular flexibility index (Phi) is 9.79. The van der Waals surface area contributed by atoms with Gasteiger partial charge in [0, 0.05) is 11.4 Å². The third kappa shape index (κ3) is 6.36. The van der Waals surface area contributed by atoms with E-state index in [1.54, 1.807) is 23.6 Å². The molecule has 1 unspecified atom stereocenters. The third-order valence-electron chi connectivity index (χ3n) is 6.09. The van der Waals surface area contributed by atoms with Crippen molar-refractivity contribution in [1.29, 1.82) is 0 Å². The second-order valence-electron chi connectivity index (χ2n) is 8.78. The quantitative estimate of drug-likeness (QED) is 0.172. The second-order valence-corrected chi connectivity index (χ2v) is 10.7. The van der Waals surface area contributed by atoms with Crippen LogP contribution in [0.1, 0.15) is 52.1 Å². The summed E-state index contributed by atoms with van der Waals surface area (Å²) >= 11 is 5.24. The number of ether oxygens (including phenoxy) is 3. The number of aromatic nitrogens is 3. The molecule has 1 aliphatic heterocycles. The maximum absolute atomic E-state index is 14.0. The van der Waals surface area contributed by atoms with Gasteiger partial charge in [-0.3, -0.25) is 4.79 Å². The van der Waals surface area contributed by atoms with Gasteiger partial charge in [0.1, 0.15) is 11.8 Å². The van der Waals surface area contributed by atoms with Crippen molar-refractivity contribution < 1.29 is 19.0 Å². The number of nitrogens with one attached hydrogen (secondary N) is 2. The number of anilines is 2. The van der Waals surface area contributed by atoms with Crippen molar-refractivity contribution in [2.24, 2.45) is 0 Å². The monoisotopic (exact) mass is 615 g/mol. The fourth-order valence-electron chi connectivity index (χ4n) is 4.35. The Bertz CT molecular complexity index is 1360. The number of fused-ring (bicyclic) bond motifs is 1. The van der Waals surface area contributed by atoms with E-state index in [9.17, 15) is 4.79 Å².